The molecule has 1 N–H and O–H groups in total. The van der Waals surface area contributed by atoms with E-state index in [0.29, 0.717) is 6.42 Å². The summed E-state index contributed by atoms with van der Waals surface area (Å²) in [6.07, 6.45) is -3.91. The van der Waals surface area contributed by atoms with Gasteiger partial charge in [-0.2, -0.15) is 18.3 Å². The number of aromatic nitrogens is 2. The van der Waals surface area contributed by atoms with Crippen molar-refractivity contribution in [1.29, 1.82) is 0 Å². The van der Waals surface area contributed by atoms with E-state index in [2.05, 4.69) is 10.2 Å². The first-order valence-electron chi connectivity index (χ1n) is 4.20. The molecule has 0 bridgehead atoms. The van der Waals surface area contributed by atoms with Gasteiger partial charge in [-0.1, -0.05) is 0 Å². The van der Waals surface area contributed by atoms with Crippen molar-refractivity contribution in [2.24, 2.45) is 5.92 Å². The maximum atomic E-state index is 12.4. The number of nitrogens with one attached hydrogen (secondary N) is 1. The van der Waals surface area contributed by atoms with Crippen molar-refractivity contribution >= 4 is 5.78 Å². The summed E-state index contributed by atoms with van der Waals surface area (Å²) in [6, 6.07) is 0. The van der Waals surface area contributed by atoms with E-state index in [1.54, 1.807) is 0 Å². The number of hydrogen-bond donors (Lipinski definition) is 1. The van der Waals surface area contributed by atoms with Crippen molar-refractivity contribution < 1.29 is 18.0 Å². The van der Waals surface area contributed by atoms with E-state index in [-0.39, 0.29) is 28.9 Å². The summed E-state index contributed by atoms with van der Waals surface area (Å²) in [4.78, 5) is 11.3. The first-order valence-corrected chi connectivity index (χ1v) is 4.20. The number of H-pyrrole nitrogens is 1. The Morgan fingerprint density at radius 3 is 2.71 bits per heavy atom. The van der Waals surface area contributed by atoms with Crippen molar-refractivity contribution in [2.75, 3.05) is 0 Å². The summed E-state index contributed by atoms with van der Waals surface area (Å²) >= 11 is 0. The molecular formula is C8H5F3N2O. The van der Waals surface area contributed by atoms with Gasteiger partial charge in [0.15, 0.2) is 11.5 Å². The molecule has 1 unspecified atom stereocenters. The number of fused-ring (bicyclic) bond motifs is 3. The van der Waals surface area contributed by atoms with Gasteiger partial charge in [-0.15, -0.1) is 0 Å². The van der Waals surface area contributed by atoms with Crippen molar-refractivity contribution in [2.45, 2.75) is 18.5 Å². The molecule has 0 radical (unpaired) electrons. The highest BCUT2D eigenvalue weighted by atomic mass is 19.4. The van der Waals surface area contributed by atoms with Crippen LogP contribution in [0.25, 0.3) is 0 Å². The van der Waals surface area contributed by atoms with Crippen molar-refractivity contribution in [1.82, 2.24) is 10.2 Å². The van der Waals surface area contributed by atoms with Gasteiger partial charge in [0.2, 0.25) is 0 Å². The Bertz CT molecular complexity index is 434. The van der Waals surface area contributed by atoms with Crippen LogP contribution >= 0.6 is 0 Å². The van der Waals surface area contributed by atoms with Crippen LogP contribution in [-0.2, 0) is 6.18 Å². The number of carbonyl (C=O) groups is 1. The molecule has 0 saturated heterocycles. The van der Waals surface area contributed by atoms with Gasteiger partial charge in [-0.3, -0.25) is 9.89 Å². The summed E-state index contributed by atoms with van der Waals surface area (Å²) in [5, 5.41) is 5.35. The zero-order chi connectivity index (χ0) is 10.1. The molecule has 1 fully saturated rings. The van der Waals surface area contributed by atoms with Gasteiger partial charge in [-0.05, 0) is 12.3 Å². The van der Waals surface area contributed by atoms with Gasteiger partial charge in [0.05, 0.1) is 0 Å². The quantitative estimate of drug-likeness (QED) is 0.696. The molecule has 3 rings (SSSR count). The second-order valence-corrected chi connectivity index (χ2v) is 3.67. The molecule has 1 aromatic heterocycles. The fraction of sp³-hybridized carbons (Fsp3) is 0.500. The second-order valence-electron chi connectivity index (χ2n) is 3.67. The molecule has 0 aliphatic heterocycles. The summed E-state index contributed by atoms with van der Waals surface area (Å²) in [6.45, 7) is 0. The number of aromatic amines is 1. The van der Waals surface area contributed by atoms with E-state index in [9.17, 15) is 18.0 Å². The molecule has 3 nitrogen and oxygen atoms in total. The average Bonchev–Trinajstić information content (AvgIpc) is 2.63. The molecule has 14 heavy (non-hydrogen) atoms. The first-order chi connectivity index (χ1) is 6.50. The van der Waals surface area contributed by atoms with Crippen LogP contribution in [-0.4, -0.2) is 16.0 Å². The zero-order valence-electron chi connectivity index (χ0n) is 6.85. The SMILES string of the molecule is O=C1c2[nH]nc(C(F)(F)F)c2[C@H]2CC12. The topological polar surface area (TPSA) is 45.8 Å². The number of rotatable bonds is 0. The molecular weight excluding hydrogens is 197 g/mol. The van der Waals surface area contributed by atoms with Crippen LogP contribution in [0.1, 0.15) is 34.1 Å². The molecule has 6 heteroatoms. The molecule has 0 aromatic carbocycles. The average molecular weight is 202 g/mol. The first kappa shape index (κ1) is 8.02. The molecule has 2 aliphatic rings. The summed E-state index contributed by atoms with van der Waals surface area (Å²) in [5.74, 6) is -0.652. The maximum Gasteiger partial charge on any atom is 0.435 e. The lowest BCUT2D eigenvalue weighted by Crippen LogP contribution is -2.08. The smallest absolute Gasteiger partial charge is 0.292 e. The molecule has 0 spiro atoms. The van der Waals surface area contributed by atoms with Crippen LogP contribution in [0.15, 0.2) is 0 Å². The Kier molecular flexibility index (Phi) is 1.15. The maximum absolute atomic E-state index is 12.4. The van der Waals surface area contributed by atoms with E-state index >= 15 is 0 Å². The highest BCUT2D eigenvalue weighted by molar-refractivity contribution is 6.04. The van der Waals surface area contributed by atoms with Crippen molar-refractivity contribution in [3.8, 4) is 0 Å². The molecule has 1 saturated carbocycles. The Morgan fingerprint density at radius 2 is 2.07 bits per heavy atom. The number of Topliss-reactive ketones (excluding diaryl/α,β-unsaturated/α-hetero) is 1. The highest BCUT2D eigenvalue weighted by Gasteiger charge is 2.57. The largest absolute Gasteiger partial charge is 0.435 e. The molecule has 2 atom stereocenters. The van der Waals surface area contributed by atoms with Gasteiger partial charge in [0, 0.05) is 11.5 Å². The third-order valence-electron chi connectivity index (χ3n) is 2.82. The monoisotopic (exact) mass is 202 g/mol. The molecule has 74 valence electrons. The van der Waals surface area contributed by atoms with Gasteiger partial charge < -0.3 is 0 Å². The number of halogens is 3. The number of nitrogens with zero attached hydrogens (tertiary/aromatic N) is 1. The van der Waals surface area contributed by atoms with E-state index in [1.165, 1.54) is 0 Å². The van der Waals surface area contributed by atoms with E-state index < -0.39 is 11.9 Å². The van der Waals surface area contributed by atoms with Crippen LogP contribution < -0.4 is 0 Å². The van der Waals surface area contributed by atoms with Crippen LogP contribution in [0.5, 0.6) is 0 Å². The number of ketones is 1. The Labute approximate surface area is 76.3 Å². The summed E-state index contributed by atoms with van der Waals surface area (Å²) in [5.41, 5.74) is -0.753. The summed E-state index contributed by atoms with van der Waals surface area (Å²) in [7, 11) is 0. The molecule has 1 aromatic rings. The third-order valence-corrected chi connectivity index (χ3v) is 2.82. The van der Waals surface area contributed by atoms with Crippen LogP contribution in [0.2, 0.25) is 0 Å². The lowest BCUT2D eigenvalue weighted by molar-refractivity contribution is -0.141. The fourth-order valence-corrected chi connectivity index (χ4v) is 2.10. The van der Waals surface area contributed by atoms with Crippen molar-refractivity contribution in [3.05, 3.63) is 17.0 Å². The predicted octanol–water partition coefficient (Wildman–Crippen LogP) is 1.73. The predicted molar refractivity (Wildman–Crippen MR) is 38.8 cm³/mol. The number of hydrogen-bond acceptors (Lipinski definition) is 2. The van der Waals surface area contributed by atoms with E-state index in [0.717, 1.165) is 0 Å². The van der Waals surface area contributed by atoms with Crippen LogP contribution in [0.4, 0.5) is 13.2 Å². The van der Waals surface area contributed by atoms with Gasteiger partial charge in [-0.25, -0.2) is 0 Å². The molecule has 2 aliphatic carbocycles. The van der Waals surface area contributed by atoms with Crippen LogP contribution in [0.3, 0.4) is 0 Å². The Balaban J connectivity index is 2.19. The minimum Gasteiger partial charge on any atom is -0.292 e. The fourth-order valence-electron chi connectivity index (χ4n) is 2.10. The summed E-state index contributed by atoms with van der Waals surface area (Å²) < 4.78 is 37.2. The highest BCUT2D eigenvalue weighted by Crippen LogP contribution is 2.58. The zero-order valence-corrected chi connectivity index (χ0v) is 6.85. The minimum absolute atomic E-state index is 0.0681. The molecule has 0 amide bonds. The number of alkyl halides is 3. The van der Waals surface area contributed by atoms with Gasteiger partial charge >= 0.3 is 6.18 Å². The van der Waals surface area contributed by atoms with Gasteiger partial charge in [0.25, 0.3) is 0 Å². The number of carbonyl (C=O) groups excluding carboxylic acids is 1. The Morgan fingerprint density at radius 1 is 1.36 bits per heavy atom. The second kappa shape index (κ2) is 2.02. The lowest BCUT2D eigenvalue weighted by atomic mass is 10.1. The Hall–Kier alpha value is -1.33. The van der Waals surface area contributed by atoms with Crippen molar-refractivity contribution in [3.63, 3.8) is 0 Å². The standard InChI is InChI=1S/C8H5F3N2O/c9-8(10,11)7-4-2-1-3(2)6(14)5(4)12-13-7/h2-3H,1H2,(H,12,13)/t2-,3?/m0/s1. The third kappa shape index (κ3) is 0.784. The van der Waals surface area contributed by atoms with E-state index in [1.807, 2.05) is 0 Å². The van der Waals surface area contributed by atoms with Gasteiger partial charge in [0.1, 0.15) is 5.69 Å². The molecule has 1 heterocycles. The normalized spacial score (nSPS) is 28.9. The minimum atomic E-state index is -4.46. The van der Waals surface area contributed by atoms with E-state index in [4.69, 9.17) is 0 Å². The lowest BCUT2D eigenvalue weighted by Gasteiger charge is -2.03. The van der Waals surface area contributed by atoms with Crippen LogP contribution in [0, 0.1) is 5.92 Å².